The third kappa shape index (κ3) is 4.58. The van der Waals surface area contributed by atoms with E-state index in [-0.39, 0.29) is 11.4 Å². The van der Waals surface area contributed by atoms with E-state index in [2.05, 4.69) is 43.7 Å². The molecule has 2 rings (SSSR count). The Balaban J connectivity index is 2.06. The van der Waals surface area contributed by atoms with E-state index in [0.29, 0.717) is 17.9 Å². The predicted molar refractivity (Wildman–Crippen MR) is 96.5 cm³/mol. The van der Waals surface area contributed by atoms with Crippen LogP contribution in [-0.4, -0.2) is 17.6 Å². The maximum atomic E-state index is 11.6. The van der Waals surface area contributed by atoms with Gasteiger partial charge in [-0.3, -0.25) is 0 Å². The molecule has 1 heterocycles. The van der Waals surface area contributed by atoms with Crippen LogP contribution in [0.5, 0.6) is 0 Å². The first-order chi connectivity index (χ1) is 11.4. The van der Waals surface area contributed by atoms with Gasteiger partial charge in [-0.15, -0.1) is 0 Å². The van der Waals surface area contributed by atoms with Crippen LogP contribution in [0.1, 0.15) is 63.0 Å². The van der Waals surface area contributed by atoms with Crippen LogP contribution in [0.3, 0.4) is 0 Å². The third-order valence-electron chi connectivity index (χ3n) is 4.35. The van der Waals surface area contributed by atoms with E-state index in [1.165, 1.54) is 36.6 Å². The number of pyridine rings is 1. The van der Waals surface area contributed by atoms with Crippen LogP contribution in [-0.2, 0) is 4.74 Å². The molecule has 24 heavy (non-hydrogen) atoms. The highest BCUT2D eigenvalue weighted by atomic mass is 16.5. The summed E-state index contributed by atoms with van der Waals surface area (Å²) >= 11 is 0. The Kier molecular flexibility index (Phi) is 5.98. The van der Waals surface area contributed by atoms with Crippen LogP contribution in [0.15, 0.2) is 41.6 Å². The summed E-state index contributed by atoms with van der Waals surface area (Å²) in [5, 5.41) is 0. The fourth-order valence-electron chi connectivity index (χ4n) is 3.05. The zero-order valence-corrected chi connectivity index (χ0v) is 15.0. The maximum absolute atomic E-state index is 11.6. The van der Waals surface area contributed by atoms with Crippen LogP contribution in [0, 0.1) is 17.3 Å². The Hall–Kier alpha value is -2.34. The lowest BCUT2D eigenvalue weighted by Gasteiger charge is -2.32. The van der Waals surface area contributed by atoms with E-state index in [9.17, 15) is 4.79 Å². The van der Waals surface area contributed by atoms with Gasteiger partial charge in [0.05, 0.1) is 12.2 Å². The molecule has 0 N–H and O–H groups in total. The molecular weight excluding hydrogens is 298 g/mol. The molecule has 0 saturated heterocycles. The molecule has 0 aromatic carbocycles. The Bertz CT molecular complexity index is 712. The molecule has 0 bridgehead atoms. The molecule has 0 amide bonds. The average Bonchev–Trinajstić information content (AvgIpc) is 2.54. The summed E-state index contributed by atoms with van der Waals surface area (Å²) in [6.45, 7) is 8.93. The van der Waals surface area contributed by atoms with Gasteiger partial charge in [0, 0.05) is 6.20 Å². The number of hydrogen-bond donors (Lipinski definition) is 0. The van der Waals surface area contributed by atoms with Gasteiger partial charge in [0.25, 0.3) is 0 Å². The first-order valence-electron chi connectivity index (χ1n) is 8.45. The first kappa shape index (κ1) is 18.0. The lowest BCUT2D eigenvalue weighted by Crippen LogP contribution is -2.18. The van der Waals surface area contributed by atoms with Crippen LogP contribution < -0.4 is 0 Å². The highest BCUT2D eigenvalue weighted by Gasteiger charge is 2.26. The van der Waals surface area contributed by atoms with Crippen molar-refractivity contribution in [2.75, 3.05) is 6.61 Å². The van der Waals surface area contributed by atoms with Crippen molar-refractivity contribution in [2.24, 2.45) is 5.41 Å². The van der Waals surface area contributed by atoms with Gasteiger partial charge in [0.1, 0.15) is 5.69 Å². The minimum Gasteiger partial charge on any atom is -0.462 e. The van der Waals surface area contributed by atoms with Crippen molar-refractivity contribution in [1.82, 2.24) is 4.98 Å². The van der Waals surface area contributed by atoms with Crippen molar-refractivity contribution in [3.8, 4) is 11.8 Å². The molecule has 0 fully saturated rings. The van der Waals surface area contributed by atoms with E-state index >= 15 is 0 Å². The van der Waals surface area contributed by atoms with Gasteiger partial charge in [-0.25, -0.2) is 9.78 Å². The summed E-state index contributed by atoms with van der Waals surface area (Å²) < 4.78 is 4.93. The smallest absolute Gasteiger partial charge is 0.339 e. The Morgan fingerprint density at radius 3 is 2.83 bits per heavy atom. The van der Waals surface area contributed by atoms with E-state index < -0.39 is 0 Å². The molecule has 0 atom stereocenters. The van der Waals surface area contributed by atoms with Crippen LogP contribution in [0.25, 0.3) is 0 Å². The Morgan fingerprint density at radius 1 is 1.42 bits per heavy atom. The monoisotopic (exact) mass is 323 g/mol. The Morgan fingerprint density at radius 2 is 2.21 bits per heavy atom. The lowest BCUT2D eigenvalue weighted by molar-refractivity contribution is 0.0526. The van der Waals surface area contributed by atoms with E-state index in [4.69, 9.17) is 4.74 Å². The highest BCUT2D eigenvalue weighted by Crippen LogP contribution is 2.40. The Labute approximate surface area is 144 Å². The van der Waals surface area contributed by atoms with Crippen molar-refractivity contribution in [3.63, 3.8) is 0 Å². The minimum atomic E-state index is -0.355. The number of hydrogen-bond acceptors (Lipinski definition) is 3. The van der Waals surface area contributed by atoms with Crippen LogP contribution in [0.2, 0.25) is 0 Å². The number of aromatic nitrogens is 1. The number of ether oxygens (including phenoxy) is 1. The van der Waals surface area contributed by atoms with Crippen molar-refractivity contribution in [3.05, 3.63) is 52.9 Å². The van der Waals surface area contributed by atoms with Crippen molar-refractivity contribution in [2.45, 2.75) is 47.0 Å². The minimum absolute atomic E-state index is 0.222. The zero-order chi connectivity index (χ0) is 17.6. The molecule has 0 saturated carbocycles. The molecule has 1 aromatic heterocycles. The number of carbonyl (C=O) groups excluding carboxylic acids is 1. The summed E-state index contributed by atoms with van der Waals surface area (Å²) in [6.07, 6.45) is 9.18. The normalized spacial score (nSPS) is 16.7. The van der Waals surface area contributed by atoms with Gasteiger partial charge in [0.2, 0.25) is 0 Å². The number of allylic oxidation sites excluding steroid dienone is 4. The lowest BCUT2D eigenvalue weighted by atomic mass is 9.73. The molecule has 0 unspecified atom stereocenters. The molecule has 3 nitrogen and oxygen atoms in total. The molecular formula is C21H25NO2. The van der Waals surface area contributed by atoms with Crippen molar-refractivity contribution < 1.29 is 9.53 Å². The summed E-state index contributed by atoms with van der Waals surface area (Å²) in [4.78, 5) is 15.8. The molecule has 0 radical (unpaired) electrons. The molecule has 0 spiro atoms. The quantitative estimate of drug-likeness (QED) is 0.598. The summed E-state index contributed by atoms with van der Waals surface area (Å²) in [7, 11) is 0. The predicted octanol–water partition coefficient (Wildman–Crippen LogP) is 4.69. The highest BCUT2D eigenvalue weighted by molar-refractivity contribution is 5.89. The summed E-state index contributed by atoms with van der Waals surface area (Å²) in [6, 6.07) is 3.43. The van der Waals surface area contributed by atoms with E-state index in [1.54, 1.807) is 19.1 Å². The van der Waals surface area contributed by atoms with E-state index in [0.717, 1.165) is 0 Å². The number of esters is 1. The van der Waals surface area contributed by atoms with Gasteiger partial charge < -0.3 is 4.74 Å². The number of rotatable bonds is 3. The molecule has 1 aromatic rings. The number of carbonyl (C=O) groups is 1. The molecule has 3 heteroatoms. The molecule has 1 aliphatic rings. The fourth-order valence-corrected chi connectivity index (χ4v) is 3.05. The molecule has 1 aliphatic carbocycles. The summed E-state index contributed by atoms with van der Waals surface area (Å²) in [5.41, 5.74) is 4.17. The SMILES string of the molecule is CCOC(=O)c1ccc(C#C/C=C/C2=C(C)CCCC2(C)C)nc1. The topological polar surface area (TPSA) is 39.2 Å². The summed E-state index contributed by atoms with van der Waals surface area (Å²) in [5.74, 6) is 5.68. The third-order valence-corrected chi connectivity index (χ3v) is 4.35. The fraction of sp³-hybridized carbons (Fsp3) is 0.429. The van der Waals surface area contributed by atoms with Gasteiger partial charge >= 0.3 is 5.97 Å². The number of nitrogens with zero attached hydrogens (tertiary/aromatic N) is 1. The zero-order valence-electron chi connectivity index (χ0n) is 15.0. The van der Waals surface area contributed by atoms with E-state index in [1.807, 2.05) is 6.08 Å². The second-order valence-corrected chi connectivity index (χ2v) is 6.69. The molecule has 126 valence electrons. The van der Waals surface area contributed by atoms with Crippen molar-refractivity contribution in [1.29, 1.82) is 0 Å². The van der Waals surface area contributed by atoms with Gasteiger partial charge in [-0.1, -0.05) is 31.4 Å². The van der Waals surface area contributed by atoms with Crippen LogP contribution in [0.4, 0.5) is 0 Å². The maximum Gasteiger partial charge on any atom is 0.339 e. The van der Waals surface area contributed by atoms with Gasteiger partial charge in [-0.05, 0) is 68.2 Å². The molecule has 0 aliphatic heterocycles. The standard InChI is InChI=1S/C21H25NO2/c1-5-24-20(23)17-12-13-18(22-15-17)10-6-7-11-19-16(2)9-8-14-21(19,3)4/h7,11-13,15H,5,8-9,14H2,1-4H3/b11-7+. The van der Waals surface area contributed by atoms with Gasteiger partial charge in [-0.2, -0.15) is 0 Å². The second kappa shape index (κ2) is 7.97. The largest absolute Gasteiger partial charge is 0.462 e. The van der Waals surface area contributed by atoms with Gasteiger partial charge in [0.15, 0.2) is 0 Å². The second-order valence-electron chi connectivity index (χ2n) is 6.69. The van der Waals surface area contributed by atoms with Crippen LogP contribution >= 0.6 is 0 Å². The average molecular weight is 323 g/mol. The van der Waals surface area contributed by atoms with Crippen molar-refractivity contribution >= 4 is 5.97 Å². The first-order valence-corrected chi connectivity index (χ1v) is 8.45.